The molecule has 1 aliphatic rings. The molecule has 0 radical (unpaired) electrons. The van der Waals surface area contributed by atoms with E-state index in [1.807, 2.05) is 39.2 Å². The van der Waals surface area contributed by atoms with E-state index in [9.17, 15) is 4.79 Å². The summed E-state index contributed by atoms with van der Waals surface area (Å²) in [6.07, 6.45) is 2.25. The van der Waals surface area contributed by atoms with Gasteiger partial charge in [-0.05, 0) is 33.5 Å². The van der Waals surface area contributed by atoms with Crippen molar-refractivity contribution in [3.63, 3.8) is 0 Å². The second-order valence-electron chi connectivity index (χ2n) is 6.38. The maximum atomic E-state index is 12.1. The van der Waals surface area contributed by atoms with Crippen LogP contribution in [0, 0.1) is 0 Å². The molecule has 1 amide bonds. The van der Waals surface area contributed by atoms with Crippen LogP contribution >= 0.6 is 0 Å². The number of amides is 1. The van der Waals surface area contributed by atoms with Gasteiger partial charge in [-0.25, -0.2) is 9.97 Å². The molecular weight excluding hydrogens is 292 g/mol. The molecule has 1 aliphatic heterocycles. The highest BCUT2D eigenvalue weighted by Crippen LogP contribution is 2.22. The van der Waals surface area contributed by atoms with Gasteiger partial charge in [0, 0.05) is 32.6 Å². The summed E-state index contributed by atoms with van der Waals surface area (Å²) in [6, 6.07) is 1.92. The van der Waals surface area contributed by atoms with E-state index >= 15 is 0 Å². The van der Waals surface area contributed by atoms with Crippen molar-refractivity contribution >= 4 is 11.7 Å². The Balaban J connectivity index is 2.12. The molecule has 2 N–H and O–H groups in total. The van der Waals surface area contributed by atoms with E-state index < -0.39 is 0 Å². The highest BCUT2D eigenvalue weighted by atomic mass is 16.2. The standard InChI is InChI=1S/C16H28N6O/c1-17-14-8-13(10-22(4)15(23)11-21(2)3)19-16(20-14)12-6-5-7-18-9-12/h8,12,18H,5-7,9-11H2,1-4H3,(H,17,19,20)/t12-/m1/s1. The van der Waals surface area contributed by atoms with Gasteiger partial charge in [-0.15, -0.1) is 0 Å². The van der Waals surface area contributed by atoms with Crippen LogP contribution in [0.25, 0.3) is 0 Å². The van der Waals surface area contributed by atoms with Crippen molar-refractivity contribution in [3.05, 3.63) is 17.6 Å². The normalized spacial score (nSPS) is 18.0. The average Bonchev–Trinajstić information content (AvgIpc) is 2.54. The Morgan fingerprint density at radius 1 is 1.39 bits per heavy atom. The summed E-state index contributed by atoms with van der Waals surface area (Å²) < 4.78 is 0. The summed E-state index contributed by atoms with van der Waals surface area (Å²) in [5.74, 6) is 2.11. The molecule has 2 heterocycles. The van der Waals surface area contributed by atoms with E-state index in [1.165, 1.54) is 0 Å². The molecule has 0 saturated carbocycles. The number of likely N-dealkylation sites (N-methyl/N-ethyl adjacent to an activating group) is 2. The largest absolute Gasteiger partial charge is 0.373 e. The van der Waals surface area contributed by atoms with Crippen LogP contribution in [0.2, 0.25) is 0 Å². The molecule has 1 atom stereocenters. The van der Waals surface area contributed by atoms with Crippen LogP contribution < -0.4 is 10.6 Å². The van der Waals surface area contributed by atoms with Crippen molar-refractivity contribution < 1.29 is 4.79 Å². The third-order valence-electron chi connectivity index (χ3n) is 3.99. The van der Waals surface area contributed by atoms with Gasteiger partial charge < -0.3 is 20.4 Å². The monoisotopic (exact) mass is 320 g/mol. The lowest BCUT2D eigenvalue weighted by Gasteiger charge is -2.23. The zero-order chi connectivity index (χ0) is 16.8. The lowest BCUT2D eigenvalue weighted by molar-refractivity contribution is -0.131. The van der Waals surface area contributed by atoms with Crippen molar-refractivity contribution in [1.29, 1.82) is 0 Å². The predicted molar refractivity (Wildman–Crippen MR) is 91.5 cm³/mol. The zero-order valence-electron chi connectivity index (χ0n) is 14.6. The van der Waals surface area contributed by atoms with Crippen molar-refractivity contribution in [2.24, 2.45) is 0 Å². The van der Waals surface area contributed by atoms with E-state index in [4.69, 9.17) is 4.98 Å². The first-order chi connectivity index (χ1) is 11.0. The van der Waals surface area contributed by atoms with E-state index in [0.29, 0.717) is 19.0 Å². The van der Waals surface area contributed by atoms with Gasteiger partial charge in [0.25, 0.3) is 0 Å². The first-order valence-electron chi connectivity index (χ1n) is 8.14. The number of piperidine rings is 1. The number of hydrogen-bond acceptors (Lipinski definition) is 6. The number of hydrogen-bond donors (Lipinski definition) is 2. The lowest BCUT2D eigenvalue weighted by Crippen LogP contribution is -2.35. The number of rotatable bonds is 6. The van der Waals surface area contributed by atoms with Gasteiger partial charge >= 0.3 is 0 Å². The molecule has 0 aliphatic carbocycles. The van der Waals surface area contributed by atoms with Gasteiger partial charge in [0.1, 0.15) is 11.6 Å². The Morgan fingerprint density at radius 2 is 2.17 bits per heavy atom. The van der Waals surface area contributed by atoms with E-state index in [2.05, 4.69) is 15.6 Å². The first kappa shape index (κ1) is 17.6. The maximum Gasteiger partial charge on any atom is 0.236 e. The molecule has 2 rings (SSSR count). The Kier molecular flexibility index (Phi) is 6.29. The fraction of sp³-hybridized carbons (Fsp3) is 0.688. The highest BCUT2D eigenvalue weighted by Gasteiger charge is 2.20. The van der Waals surface area contributed by atoms with Gasteiger partial charge in [0.2, 0.25) is 5.91 Å². The second kappa shape index (κ2) is 8.21. The van der Waals surface area contributed by atoms with Crippen LogP contribution in [0.1, 0.15) is 30.3 Å². The molecule has 7 heteroatoms. The average molecular weight is 320 g/mol. The van der Waals surface area contributed by atoms with Gasteiger partial charge in [0.05, 0.1) is 18.8 Å². The topological polar surface area (TPSA) is 73.4 Å². The summed E-state index contributed by atoms with van der Waals surface area (Å²) in [5, 5.41) is 6.50. The van der Waals surface area contributed by atoms with Gasteiger partial charge in [-0.3, -0.25) is 4.79 Å². The molecular formula is C16H28N6O. The van der Waals surface area contributed by atoms with E-state index in [1.54, 1.807) is 4.90 Å². The summed E-state index contributed by atoms with van der Waals surface area (Å²) >= 11 is 0. The van der Waals surface area contributed by atoms with Crippen molar-refractivity contribution in [3.8, 4) is 0 Å². The Bertz CT molecular complexity index is 527. The number of carbonyl (C=O) groups excluding carboxylic acids is 1. The molecule has 1 aromatic heterocycles. The van der Waals surface area contributed by atoms with Crippen LogP contribution in [-0.2, 0) is 11.3 Å². The lowest BCUT2D eigenvalue weighted by atomic mass is 9.99. The van der Waals surface area contributed by atoms with Crippen molar-refractivity contribution in [2.45, 2.75) is 25.3 Å². The van der Waals surface area contributed by atoms with Gasteiger partial charge in [-0.1, -0.05) is 0 Å². The third-order valence-corrected chi connectivity index (χ3v) is 3.99. The summed E-state index contributed by atoms with van der Waals surface area (Å²) in [5.41, 5.74) is 0.875. The van der Waals surface area contributed by atoms with E-state index in [-0.39, 0.29) is 5.91 Å². The molecule has 0 bridgehead atoms. The molecule has 128 valence electrons. The predicted octanol–water partition coefficient (Wildman–Crippen LogP) is 0.505. The highest BCUT2D eigenvalue weighted by molar-refractivity contribution is 5.77. The number of aromatic nitrogens is 2. The fourth-order valence-corrected chi connectivity index (χ4v) is 2.70. The minimum Gasteiger partial charge on any atom is -0.373 e. The molecule has 1 saturated heterocycles. The van der Waals surface area contributed by atoms with Gasteiger partial charge in [-0.2, -0.15) is 0 Å². The summed E-state index contributed by atoms with van der Waals surface area (Å²) in [4.78, 5) is 25.0. The Morgan fingerprint density at radius 3 is 2.78 bits per heavy atom. The number of carbonyl (C=O) groups is 1. The minimum atomic E-state index is 0.0838. The number of nitrogens with one attached hydrogen (secondary N) is 2. The quantitative estimate of drug-likeness (QED) is 0.795. The van der Waals surface area contributed by atoms with Crippen LogP contribution in [-0.4, -0.2) is 73.5 Å². The molecule has 0 aromatic carbocycles. The van der Waals surface area contributed by atoms with E-state index in [0.717, 1.165) is 43.3 Å². The molecule has 1 fully saturated rings. The fourth-order valence-electron chi connectivity index (χ4n) is 2.70. The molecule has 7 nitrogen and oxygen atoms in total. The number of anilines is 1. The van der Waals surface area contributed by atoms with Crippen molar-refractivity contribution in [1.82, 2.24) is 25.1 Å². The molecule has 0 unspecified atom stereocenters. The smallest absolute Gasteiger partial charge is 0.236 e. The molecule has 0 spiro atoms. The maximum absolute atomic E-state index is 12.1. The van der Waals surface area contributed by atoms with Crippen LogP contribution in [0.4, 0.5) is 5.82 Å². The summed E-state index contributed by atoms with van der Waals surface area (Å²) in [7, 11) is 7.46. The minimum absolute atomic E-state index is 0.0838. The zero-order valence-corrected chi connectivity index (χ0v) is 14.6. The van der Waals surface area contributed by atoms with Crippen LogP contribution in [0.3, 0.4) is 0 Å². The number of nitrogens with zero attached hydrogens (tertiary/aromatic N) is 4. The van der Waals surface area contributed by atoms with Gasteiger partial charge in [0.15, 0.2) is 0 Å². The first-order valence-corrected chi connectivity index (χ1v) is 8.14. The Hall–Kier alpha value is -1.73. The molecule has 23 heavy (non-hydrogen) atoms. The van der Waals surface area contributed by atoms with Crippen LogP contribution in [0.15, 0.2) is 6.07 Å². The molecule has 1 aromatic rings. The van der Waals surface area contributed by atoms with Crippen molar-refractivity contribution in [2.75, 3.05) is 53.1 Å². The SMILES string of the molecule is CNc1cc(CN(C)C(=O)CN(C)C)nc([C@@H]2CCCNC2)n1. The third kappa shape index (κ3) is 5.14. The summed E-state index contributed by atoms with van der Waals surface area (Å²) in [6.45, 7) is 2.88. The van der Waals surface area contributed by atoms with Crippen LogP contribution in [0.5, 0.6) is 0 Å². The Labute approximate surface area is 138 Å². The second-order valence-corrected chi connectivity index (χ2v) is 6.38.